The number of hydrogen-bond acceptors (Lipinski definition) is 1. The Morgan fingerprint density at radius 1 is 1.38 bits per heavy atom. The maximum Gasteiger partial charge on any atom is 0.195 e. The first kappa shape index (κ1) is 10.8. The molecule has 1 aromatic rings. The highest BCUT2D eigenvalue weighted by Gasteiger charge is 2.15. The zero-order chi connectivity index (χ0) is 10.0. The zero-order valence-corrected chi connectivity index (χ0v) is 8.50. The summed E-state index contributed by atoms with van der Waals surface area (Å²) in [5.41, 5.74) is 0.196. The molecule has 0 heterocycles. The summed E-state index contributed by atoms with van der Waals surface area (Å²) >= 11 is 16.1. The molecule has 0 fully saturated rings. The molecule has 0 aromatic heterocycles. The van der Waals surface area contributed by atoms with E-state index >= 15 is 0 Å². The van der Waals surface area contributed by atoms with Crippen LogP contribution in [-0.4, -0.2) is 10.6 Å². The van der Waals surface area contributed by atoms with E-state index in [4.69, 9.17) is 34.8 Å². The highest BCUT2D eigenvalue weighted by atomic mass is 35.5. The number of carbonyl (C=O) groups excluding carboxylic acids is 1. The molecule has 1 rings (SSSR count). The molecule has 0 amide bonds. The molecule has 1 aromatic carbocycles. The number of Topliss-reactive ketones (excluding diaryl/α,β-unsaturated/α-hetero) is 1. The Bertz CT molecular complexity index is 338. The highest BCUT2D eigenvalue weighted by molar-refractivity contribution is 6.55. The third-order valence-electron chi connectivity index (χ3n) is 1.40. The van der Waals surface area contributed by atoms with Crippen molar-refractivity contribution in [2.75, 3.05) is 0 Å². The van der Waals surface area contributed by atoms with Crippen LogP contribution in [0.3, 0.4) is 0 Å². The molecule has 0 bridgehead atoms. The van der Waals surface area contributed by atoms with Crippen LogP contribution in [0.5, 0.6) is 0 Å². The van der Waals surface area contributed by atoms with Gasteiger partial charge in [-0.25, -0.2) is 4.39 Å². The van der Waals surface area contributed by atoms with E-state index in [1.807, 2.05) is 0 Å². The van der Waals surface area contributed by atoms with Gasteiger partial charge >= 0.3 is 0 Å². The Labute approximate surface area is 89.4 Å². The summed E-state index contributed by atoms with van der Waals surface area (Å²) in [6.45, 7) is 0. The second kappa shape index (κ2) is 4.27. The van der Waals surface area contributed by atoms with E-state index in [0.717, 1.165) is 6.07 Å². The Balaban J connectivity index is 3.04. The van der Waals surface area contributed by atoms with Gasteiger partial charge < -0.3 is 0 Å². The average molecular weight is 241 g/mol. The summed E-state index contributed by atoms with van der Waals surface area (Å²) in [5, 5.41) is -0.125. The molecule has 0 aliphatic carbocycles. The van der Waals surface area contributed by atoms with E-state index in [9.17, 15) is 9.18 Å². The van der Waals surface area contributed by atoms with Gasteiger partial charge in [-0.05, 0) is 18.2 Å². The maximum atomic E-state index is 12.7. The molecule has 0 unspecified atom stereocenters. The van der Waals surface area contributed by atoms with Crippen LogP contribution in [0.4, 0.5) is 4.39 Å². The first-order valence-corrected chi connectivity index (χ1v) is 4.55. The molecule has 1 nitrogen and oxygen atoms in total. The van der Waals surface area contributed by atoms with E-state index in [1.54, 1.807) is 0 Å². The highest BCUT2D eigenvalue weighted by Crippen LogP contribution is 2.19. The third-order valence-corrected chi connectivity index (χ3v) is 2.09. The fourth-order valence-corrected chi connectivity index (χ4v) is 1.21. The van der Waals surface area contributed by atoms with Crippen LogP contribution >= 0.6 is 34.8 Å². The van der Waals surface area contributed by atoms with Crippen LogP contribution in [0.25, 0.3) is 0 Å². The summed E-state index contributed by atoms with van der Waals surface area (Å²) in [7, 11) is 0. The van der Waals surface area contributed by atoms with Crippen molar-refractivity contribution in [1.82, 2.24) is 0 Å². The molecule has 0 saturated heterocycles. The van der Waals surface area contributed by atoms with Crippen LogP contribution in [0.2, 0.25) is 5.02 Å². The van der Waals surface area contributed by atoms with Gasteiger partial charge in [-0.15, -0.1) is 0 Å². The first-order valence-electron chi connectivity index (χ1n) is 3.30. The lowest BCUT2D eigenvalue weighted by molar-refractivity contribution is 0.101. The van der Waals surface area contributed by atoms with Crippen molar-refractivity contribution in [2.45, 2.75) is 4.84 Å². The molecule has 0 saturated carbocycles. The van der Waals surface area contributed by atoms with Crippen LogP contribution in [0.15, 0.2) is 18.2 Å². The second-order valence-corrected chi connectivity index (χ2v) is 3.80. The topological polar surface area (TPSA) is 17.1 Å². The van der Waals surface area contributed by atoms with Gasteiger partial charge in [0.15, 0.2) is 10.6 Å². The minimum absolute atomic E-state index is 0.125. The predicted octanol–water partition coefficient (Wildman–Crippen LogP) is 3.47. The van der Waals surface area contributed by atoms with Crippen LogP contribution in [-0.2, 0) is 0 Å². The number of rotatable bonds is 2. The molecule has 0 aliphatic rings. The number of alkyl halides is 2. The van der Waals surface area contributed by atoms with E-state index in [0.29, 0.717) is 0 Å². The molecular formula is C8H4Cl3FO. The lowest BCUT2D eigenvalue weighted by Gasteiger charge is -2.01. The molecule has 70 valence electrons. The monoisotopic (exact) mass is 240 g/mol. The van der Waals surface area contributed by atoms with Crippen molar-refractivity contribution in [3.8, 4) is 0 Å². The van der Waals surface area contributed by atoms with Crippen molar-refractivity contribution in [3.05, 3.63) is 34.6 Å². The molecule has 0 N–H and O–H groups in total. The summed E-state index contributed by atoms with van der Waals surface area (Å²) in [4.78, 5) is 10.0. The molecular weight excluding hydrogens is 237 g/mol. The van der Waals surface area contributed by atoms with E-state index in [1.165, 1.54) is 12.1 Å². The quantitative estimate of drug-likeness (QED) is 0.572. The third kappa shape index (κ3) is 2.56. The number of benzene rings is 1. The Hall–Kier alpha value is -0.310. The minimum atomic E-state index is -1.15. The van der Waals surface area contributed by atoms with Crippen molar-refractivity contribution in [1.29, 1.82) is 0 Å². The van der Waals surface area contributed by atoms with Gasteiger partial charge in [0, 0.05) is 5.56 Å². The molecule has 0 spiro atoms. The zero-order valence-electron chi connectivity index (χ0n) is 6.23. The van der Waals surface area contributed by atoms with Crippen molar-refractivity contribution in [3.63, 3.8) is 0 Å². The fourth-order valence-electron chi connectivity index (χ4n) is 0.775. The van der Waals surface area contributed by atoms with Gasteiger partial charge in [-0.3, -0.25) is 4.79 Å². The number of carbonyl (C=O) groups is 1. The number of halogens is 4. The summed E-state index contributed by atoms with van der Waals surface area (Å²) in [5.74, 6) is -1.08. The average Bonchev–Trinajstić information content (AvgIpc) is 2.08. The van der Waals surface area contributed by atoms with Gasteiger partial charge in [0.25, 0.3) is 0 Å². The van der Waals surface area contributed by atoms with E-state index in [-0.39, 0.29) is 10.6 Å². The van der Waals surface area contributed by atoms with Gasteiger partial charge in [-0.1, -0.05) is 34.8 Å². The minimum Gasteiger partial charge on any atom is -0.291 e. The van der Waals surface area contributed by atoms with E-state index < -0.39 is 16.4 Å². The number of hydrogen-bond donors (Lipinski definition) is 0. The summed E-state index contributed by atoms with van der Waals surface area (Å²) in [6, 6.07) is 3.56. The van der Waals surface area contributed by atoms with Gasteiger partial charge in [0.1, 0.15) is 5.82 Å². The SMILES string of the molecule is O=C(c1ccc(F)c(Cl)c1)C(Cl)Cl. The lowest BCUT2D eigenvalue weighted by Crippen LogP contribution is -2.07. The predicted molar refractivity (Wildman–Crippen MR) is 51.2 cm³/mol. The van der Waals surface area contributed by atoms with Crippen LogP contribution in [0, 0.1) is 5.82 Å². The Morgan fingerprint density at radius 3 is 2.46 bits per heavy atom. The molecule has 0 aliphatic heterocycles. The Kier molecular flexibility index (Phi) is 3.54. The van der Waals surface area contributed by atoms with Crippen molar-refractivity contribution in [2.24, 2.45) is 0 Å². The normalized spacial score (nSPS) is 10.5. The lowest BCUT2D eigenvalue weighted by atomic mass is 10.1. The van der Waals surface area contributed by atoms with Crippen molar-refractivity contribution >= 4 is 40.6 Å². The van der Waals surface area contributed by atoms with Gasteiger partial charge in [-0.2, -0.15) is 0 Å². The fraction of sp³-hybridized carbons (Fsp3) is 0.125. The van der Waals surface area contributed by atoms with E-state index in [2.05, 4.69) is 0 Å². The number of ketones is 1. The molecule has 13 heavy (non-hydrogen) atoms. The molecule has 5 heteroatoms. The smallest absolute Gasteiger partial charge is 0.195 e. The van der Waals surface area contributed by atoms with Gasteiger partial charge in [0.2, 0.25) is 0 Å². The van der Waals surface area contributed by atoms with Crippen LogP contribution in [0.1, 0.15) is 10.4 Å². The largest absolute Gasteiger partial charge is 0.291 e. The standard InChI is InChI=1S/C8H4Cl3FO/c9-5-3-4(1-2-6(5)12)7(13)8(10)11/h1-3,8H. The molecule has 0 atom stereocenters. The summed E-state index contributed by atoms with van der Waals surface area (Å²) in [6.07, 6.45) is 0. The molecule has 0 radical (unpaired) electrons. The Morgan fingerprint density at radius 2 is 2.00 bits per heavy atom. The summed E-state index contributed by atoms with van der Waals surface area (Å²) < 4.78 is 12.7. The van der Waals surface area contributed by atoms with Crippen LogP contribution < -0.4 is 0 Å². The van der Waals surface area contributed by atoms with Gasteiger partial charge in [0.05, 0.1) is 5.02 Å². The maximum absolute atomic E-state index is 12.7. The second-order valence-electron chi connectivity index (χ2n) is 2.29. The van der Waals surface area contributed by atoms with Crippen molar-refractivity contribution < 1.29 is 9.18 Å². The first-order chi connectivity index (χ1) is 6.02.